The second kappa shape index (κ2) is 11.0. The summed E-state index contributed by atoms with van der Waals surface area (Å²) in [6.45, 7) is 0.0345. The monoisotopic (exact) mass is 509 g/mol. The molecule has 5 aromatic rings. The maximum atomic E-state index is 14.0. The zero-order chi connectivity index (χ0) is 25.6. The van der Waals surface area contributed by atoms with E-state index < -0.39 is 0 Å². The van der Waals surface area contributed by atoms with Crippen LogP contribution in [0, 0.1) is 5.82 Å². The summed E-state index contributed by atoms with van der Waals surface area (Å²) in [6, 6.07) is 30.3. The van der Waals surface area contributed by atoms with E-state index in [1.807, 2.05) is 54.6 Å². The van der Waals surface area contributed by atoms with Gasteiger partial charge in [0.15, 0.2) is 0 Å². The number of aromatic nitrogens is 1. The number of carbonyl (C=O) groups excluding carboxylic acids is 1. The first kappa shape index (κ1) is 24.2. The fourth-order valence-corrected chi connectivity index (χ4v) is 4.04. The van der Waals surface area contributed by atoms with Crippen LogP contribution in [-0.4, -0.2) is 17.1 Å². The minimum absolute atomic E-state index is 0.0345. The Morgan fingerprint density at radius 2 is 1.70 bits per heavy atom. The van der Waals surface area contributed by atoms with Crippen molar-refractivity contribution in [3.63, 3.8) is 0 Å². The van der Waals surface area contributed by atoms with Gasteiger partial charge in [-0.1, -0.05) is 78.3 Å². The first-order chi connectivity index (χ1) is 18.1. The smallest absolute Gasteiger partial charge is 0.272 e. The van der Waals surface area contributed by atoms with Crippen LogP contribution >= 0.6 is 11.6 Å². The lowest BCUT2D eigenvalue weighted by molar-refractivity contribution is 0.0956. The van der Waals surface area contributed by atoms with E-state index in [0.717, 1.165) is 5.56 Å². The minimum Gasteiger partial charge on any atom is -0.488 e. The summed E-state index contributed by atoms with van der Waals surface area (Å²) in [5.41, 5.74) is 6.30. The standard InChI is InChI=1S/C30H21ClFN3O2/c31-23-14-15-29(37-19-21-10-4-6-12-26(21)32)22(16-23)18-33-35-30(36)25-17-28(20-8-2-1-3-9-20)34-27-13-7-5-11-24(25)27/h1-18H,19H2,(H,35,36)/b33-18-. The highest BCUT2D eigenvalue weighted by molar-refractivity contribution is 6.31. The number of hydrazone groups is 1. The third kappa shape index (κ3) is 5.66. The number of nitrogens with one attached hydrogen (secondary N) is 1. The number of benzene rings is 4. The molecule has 0 aliphatic rings. The number of carbonyl (C=O) groups is 1. The van der Waals surface area contributed by atoms with E-state index in [2.05, 4.69) is 10.5 Å². The number of halogens is 2. The van der Waals surface area contributed by atoms with Crippen molar-refractivity contribution in [2.75, 3.05) is 0 Å². The van der Waals surface area contributed by atoms with E-state index in [0.29, 0.717) is 44.1 Å². The molecule has 5 nitrogen and oxygen atoms in total. The summed E-state index contributed by atoms with van der Waals surface area (Å²) >= 11 is 6.17. The third-order valence-corrected chi connectivity index (χ3v) is 5.95. The molecule has 0 saturated heterocycles. The molecule has 37 heavy (non-hydrogen) atoms. The number of hydrogen-bond acceptors (Lipinski definition) is 4. The van der Waals surface area contributed by atoms with E-state index in [4.69, 9.17) is 21.3 Å². The molecule has 0 aliphatic heterocycles. The van der Waals surface area contributed by atoms with Gasteiger partial charge in [0.25, 0.3) is 5.91 Å². The van der Waals surface area contributed by atoms with Gasteiger partial charge in [0.05, 0.1) is 23.0 Å². The van der Waals surface area contributed by atoms with Gasteiger partial charge >= 0.3 is 0 Å². The molecule has 0 saturated carbocycles. The average Bonchev–Trinajstić information content (AvgIpc) is 2.93. The van der Waals surface area contributed by atoms with Gasteiger partial charge in [0.1, 0.15) is 18.2 Å². The molecular weight excluding hydrogens is 489 g/mol. The highest BCUT2D eigenvalue weighted by Gasteiger charge is 2.14. The molecule has 0 unspecified atom stereocenters. The van der Waals surface area contributed by atoms with Gasteiger partial charge in [-0.15, -0.1) is 0 Å². The van der Waals surface area contributed by atoms with E-state index in [1.54, 1.807) is 42.5 Å². The van der Waals surface area contributed by atoms with Gasteiger partial charge in [-0.25, -0.2) is 14.8 Å². The summed E-state index contributed by atoms with van der Waals surface area (Å²) in [5, 5.41) is 5.33. The number of amides is 1. The molecule has 0 bridgehead atoms. The molecule has 1 N–H and O–H groups in total. The van der Waals surface area contributed by atoms with Gasteiger partial charge in [0.2, 0.25) is 0 Å². The Kier molecular flexibility index (Phi) is 7.19. The van der Waals surface area contributed by atoms with Crippen molar-refractivity contribution in [1.82, 2.24) is 10.4 Å². The number of fused-ring (bicyclic) bond motifs is 1. The van der Waals surface area contributed by atoms with Gasteiger partial charge in [-0.2, -0.15) is 5.10 Å². The van der Waals surface area contributed by atoms with Crippen molar-refractivity contribution in [3.8, 4) is 17.0 Å². The number of para-hydroxylation sites is 1. The van der Waals surface area contributed by atoms with Crippen LogP contribution in [0.5, 0.6) is 5.75 Å². The molecule has 1 aromatic heterocycles. The van der Waals surface area contributed by atoms with Gasteiger partial charge < -0.3 is 4.74 Å². The zero-order valence-corrected chi connectivity index (χ0v) is 20.3. The third-order valence-electron chi connectivity index (χ3n) is 5.71. The molecule has 0 spiro atoms. The predicted octanol–water partition coefficient (Wildman–Crippen LogP) is 7.04. The maximum absolute atomic E-state index is 14.0. The van der Waals surface area contributed by atoms with Crippen LogP contribution < -0.4 is 10.2 Å². The molecular formula is C30H21ClFN3O2. The first-order valence-corrected chi connectivity index (χ1v) is 11.9. The van der Waals surface area contributed by atoms with Gasteiger partial charge in [0, 0.05) is 27.1 Å². The molecule has 0 fully saturated rings. The van der Waals surface area contributed by atoms with E-state index >= 15 is 0 Å². The van der Waals surface area contributed by atoms with Crippen LogP contribution in [0.4, 0.5) is 4.39 Å². The molecule has 0 atom stereocenters. The van der Waals surface area contributed by atoms with Gasteiger partial charge in [-0.3, -0.25) is 4.79 Å². The largest absolute Gasteiger partial charge is 0.488 e. The summed E-state index contributed by atoms with van der Waals surface area (Å²) < 4.78 is 19.8. The van der Waals surface area contributed by atoms with Crippen molar-refractivity contribution >= 4 is 34.6 Å². The van der Waals surface area contributed by atoms with Crippen molar-refractivity contribution in [3.05, 3.63) is 131 Å². The number of nitrogens with zero attached hydrogens (tertiary/aromatic N) is 2. The molecule has 182 valence electrons. The van der Waals surface area contributed by atoms with Crippen LogP contribution in [0.15, 0.2) is 108 Å². The Balaban J connectivity index is 1.38. The Bertz CT molecular complexity index is 1610. The SMILES string of the molecule is O=C(N/N=C\c1cc(Cl)ccc1OCc1ccccc1F)c1cc(-c2ccccc2)nc2ccccc12. The van der Waals surface area contributed by atoms with Crippen LogP contribution in [0.25, 0.3) is 22.2 Å². The van der Waals surface area contributed by atoms with E-state index in [-0.39, 0.29) is 18.3 Å². The molecule has 5 rings (SSSR count). The molecule has 1 amide bonds. The minimum atomic E-state index is -0.386. The summed E-state index contributed by atoms with van der Waals surface area (Å²) in [6.07, 6.45) is 1.45. The molecule has 0 aliphatic carbocycles. The summed E-state index contributed by atoms with van der Waals surface area (Å²) in [7, 11) is 0. The molecule has 4 aromatic carbocycles. The Morgan fingerprint density at radius 3 is 2.54 bits per heavy atom. The molecule has 1 heterocycles. The second-order valence-electron chi connectivity index (χ2n) is 8.20. The second-order valence-corrected chi connectivity index (χ2v) is 8.64. The number of rotatable bonds is 7. The zero-order valence-electron chi connectivity index (χ0n) is 19.6. The van der Waals surface area contributed by atoms with Crippen molar-refractivity contribution in [1.29, 1.82) is 0 Å². The van der Waals surface area contributed by atoms with Gasteiger partial charge in [-0.05, 0) is 36.4 Å². The van der Waals surface area contributed by atoms with E-state index in [9.17, 15) is 9.18 Å². The Morgan fingerprint density at radius 1 is 0.946 bits per heavy atom. The Hall–Kier alpha value is -4.55. The Labute approximate surface area is 218 Å². The lowest BCUT2D eigenvalue weighted by Crippen LogP contribution is -2.18. The van der Waals surface area contributed by atoms with Crippen LogP contribution in [-0.2, 0) is 6.61 Å². The van der Waals surface area contributed by atoms with Crippen molar-refractivity contribution < 1.29 is 13.9 Å². The maximum Gasteiger partial charge on any atom is 0.272 e. The molecule has 0 radical (unpaired) electrons. The van der Waals surface area contributed by atoms with E-state index in [1.165, 1.54) is 12.3 Å². The number of pyridine rings is 1. The summed E-state index contributed by atoms with van der Waals surface area (Å²) in [4.78, 5) is 17.9. The number of hydrogen-bond donors (Lipinski definition) is 1. The highest BCUT2D eigenvalue weighted by Crippen LogP contribution is 2.25. The average molecular weight is 510 g/mol. The molecule has 7 heteroatoms. The number of ether oxygens (including phenoxy) is 1. The topological polar surface area (TPSA) is 63.6 Å². The van der Waals surface area contributed by atoms with Crippen LogP contribution in [0.2, 0.25) is 5.02 Å². The quantitative estimate of drug-likeness (QED) is 0.189. The lowest BCUT2D eigenvalue weighted by atomic mass is 10.0. The fraction of sp³-hybridized carbons (Fsp3) is 0.0333. The highest BCUT2D eigenvalue weighted by atomic mass is 35.5. The lowest BCUT2D eigenvalue weighted by Gasteiger charge is -2.11. The van der Waals surface area contributed by atoms with Crippen LogP contribution in [0.3, 0.4) is 0 Å². The van der Waals surface area contributed by atoms with Crippen molar-refractivity contribution in [2.24, 2.45) is 5.10 Å². The van der Waals surface area contributed by atoms with Crippen LogP contribution in [0.1, 0.15) is 21.5 Å². The predicted molar refractivity (Wildman–Crippen MR) is 144 cm³/mol. The normalized spacial score (nSPS) is 11.1. The fourth-order valence-electron chi connectivity index (χ4n) is 3.86. The first-order valence-electron chi connectivity index (χ1n) is 11.5. The van der Waals surface area contributed by atoms with Crippen molar-refractivity contribution in [2.45, 2.75) is 6.61 Å². The summed E-state index contributed by atoms with van der Waals surface area (Å²) in [5.74, 6) is -0.285.